The van der Waals surface area contributed by atoms with Crippen LogP contribution in [0.2, 0.25) is 10.0 Å². The fourth-order valence-corrected chi connectivity index (χ4v) is 3.96. The van der Waals surface area contributed by atoms with Crippen LogP contribution >= 0.6 is 23.2 Å². The third-order valence-electron chi connectivity index (χ3n) is 5.43. The Balaban J connectivity index is 1.55. The lowest BCUT2D eigenvalue weighted by Crippen LogP contribution is -2.46. The molecule has 1 saturated carbocycles. The molecule has 1 aliphatic rings. The molecule has 12 heteroatoms. The molecule has 4 rings (SSSR count). The van der Waals surface area contributed by atoms with Gasteiger partial charge in [-0.05, 0) is 39.0 Å². The molecular formula is C25H27Cl2FN4O5. The second kappa shape index (κ2) is 11.1. The number of carbonyl (C=O) groups excluding carboxylic acids is 1. The molecule has 0 bridgehead atoms. The van der Waals surface area contributed by atoms with Gasteiger partial charge in [0.1, 0.15) is 31.0 Å². The van der Waals surface area contributed by atoms with Crippen molar-refractivity contribution in [2.45, 2.75) is 51.4 Å². The molecule has 1 aromatic heterocycles. The normalized spacial score (nSPS) is 17.2. The predicted molar refractivity (Wildman–Crippen MR) is 139 cm³/mol. The predicted octanol–water partition coefficient (Wildman–Crippen LogP) is 5.62. The molecule has 9 nitrogen and oxygen atoms in total. The second-order valence-electron chi connectivity index (χ2n) is 9.57. The molecule has 37 heavy (non-hydrogen) atoms. The van der Waals surface area contributed by atoms with Gasteiger partial charge in [-0.25, -0.2) is 19.2 Å². The number of fused-ring (bicyclic) bond motifs is 1. The molecule has 0 spiro atoms. The SMILES string of the molecule is CC(C)(C)NC(=O)OC1CC(Oc2cc3c(Nc4ccc(Cl)c(Cl)c4F)ncnc3cc2OCCO)C1. The summed E-state index contributed by atoms with van der Waals surface area (Å²) in [6, 6.07) is 6.27. The van der Waals surface area contributed by atoms with Crippen molar-refractivity contribution in [3.8, 4) is 11.5 Å². The standard InChI is InChI=1S/C25H27Cl2FN4O5/c1-25(2,3)32-24(34)37-14-8-13(9-14)36-20-10-15-18(11-19(20)35-7-6-33)29-12-30-23(15)31-17-5-4-16(26)21(27)22(17)28/h4-5,10-14,33H,6-9H2,1-3H3,(H,32,34)(H,29,30,31). The summed E-state index contributed by atoms with van der Waals surface area (Å²) in [6.45, 7) is 5.48. The van der Waals surface area contributed by atoms with E-state index in [1.807, 2.05) is 20.8 Å². The number of nitrogens with zero attached hydrogens (tertiary/aromatic N) is 2. The highest BCUT2D eigenvalue weighted by Crippen LogP contribution is 2.39. The van der Waals surface area contributed by atoms with Crippen molar-refractivity contribution in [1.82, 2.24) is 15.3 Å². The van der Waals surface area contributed by atoms with Crippen LogP contribution in [0.15, 0.2) is 30.6 Å². The van der Waals surface area contributed by atoms with Crippen molar-refractivity contribution in [2.75, 3.05) is 18.5 Å². The number of hydrogen-bond donors (Lipinski definition) is 3. The van der Waals surface area contributed by atoms with E-state index < -0.39 is 17.4 Å². The average molecular weight is 553 g/mol. The minimum atomic E-state index is -0.712. The van der Waals surface area contributed by atoms with Gasteiger partial charge < -0.3 is 30.0 Å². The zero-order valence-corrected chi connectivity index (χ0v) is 22.0. The molecule has 1 aliphatic carbocycles. The number of anilines is 2. The molecule has 0 atom stereocenters. The number of aromatic nitrogens is 2. The maximum atomic E-state index is 14.6. The monoisotopic (exact) mass is 552 g/mol. The molecular weight excluding hydrogens is 526 g/mol. The zero-order chi connectivity index (χ0) is 26.7. The van der Waals surface area contributed by atoms with E-state index in [0.29, 0.717) is 41.1 Å². The topological polar surface area (TPSA) is 115 Å². The Labute approximate surface area is 223 Å². The van der Waals surface area contributed by atoms with Gasteiger partial charge in [0.2, 0.25) is 0 Å². The largest absolute Gasteiger partial charge is 0.487 e. The van der Waals surface area contributed by atoms with E-state index in [9.17, 15) is 14.3 Å². The first-order valence-electron chi connectivity index (χ1n) is 11.6. The lowest BCUT2D eigenvalue weighted by molar-refractivity contribution is -0.0253. The van der Waals surface area contributed by atoms with Crippen LogP contribution < -0.4 is 20.1 Å². The number of carbonyl (C=O) groups is 1. The Morgan fingerprint density at radius 2 is 1.92 bits per heavy atom. The maximum absolute atomic E-state index is 14.6. The Hall–Kier alpha value is -3.08. The van der Waals surface area contributed by atoms with Crippen LogP contribution in [0.5, 0.6) is 11.5 Å². The van der Waals surface area contributed by atoms with Gasteiger partial charge >= 0.3 is 6.09 Å². The highest BCUT2D eigenvalue weighted by molar-refractivity contribution is 6.42. The molecule has 1 fully saturated rings. The van der Waals surface area contributed by atoms with E-state index in [-0.39, 0.29) is 41.2 Å². The van der Waals surface area contributed by atoms with Crippen molar-refractivity contribution < 1.29 is 28.5 Å². The summed E-state index contributed by atoms with van der Waals surface area (Å²) in [7, 11) is 0. The average Bonchev–Trinajstić information content (AvgIpc) is 2.80. The van der Waals surface area contributed by atoms with E-state index in [2.05, 4.69) is 20.6 Å². The summed E-state index contributed by atoms with van der Waals surface area (Å²) in [5.74, 6) is 0.364. The van der Waals surface area contributed by atoms with Crippen LogP contribution in [-0.4, -0.2) is 52.1 Å². The van der Waals surface area contributed by atoms with E-state index >= 15 is 0 Å². The van der Waals surface area contributed by atoms with E-state index in [1.165, 1.54) is 18.5 Å². The number of benzene rings is 2. The second-order valence-corrected chi connectivity index (χ2v) is 10.4. The Morgan fingerprint density at radius 1 is 1.16 bits per heavy atom. The number of rotatable bonds is 8. The summed E-state index contributed by atoms with van der Waals surface area (Å²) in [5, 5.41) is 15.4. The fourth-order valence-electron chi connectivity index (χ4n) is 3.65. The number of hydrogen-bond acceptors (Lipinski definition) is 8. The van der Waals surface area contributed by atoms with Gasteiger partial charge in [-0.3, -0.25) is 0 Å². The van der Waals surface area contributed by atoms with Crippen LogP contribution in [0.4, 0.5) is 20.7 Å². The zero-order valence-electron chi connectivity index (χ0n) is 20.5. The number of nitrogens with one attached hydrogen (secondary N) is 2. The first kappa shape index (κ1) is 27.0. The van der Waals surface area contributed by atoms with Gasteiger partial charge in [0.05, 0.1) is 27.9 Å². The fraction of sp³-hybridized carbons (Fsp3) is 0.400. The van der Waals surface area contributed by atoms with Crippen LogP contribution in [0.3, 0.4) is 0 Å². The minimum Gasteiger partial charge on any atom is -0.487 e. The van der Waals surface area contributed by atoms with Gasteiger partial charge in [-0.2, -0.15) is 0 Å². The summed E-state index contributed by atoms with van der Waals surface area (Å²) in [5.41, 5.74) is 0.200. The molecule has 0 saturated heterocycles. The van der Waals surface area contributed by atoms with Crippen LogP contribution in [0.1, 0.15) is 33.6 Å². The van der Waals surface area contributed by atoms with Crippen molar-refractivity contribution in [3.05, 3.63) is 46.5 Å². The summed E-state index contributed by atoms with van der Waals surface area (Å²) in [4.78, 5) is 20.5. The molecule has 0 aliphatic heterocycles. The van der Waals surface area contributed by atoms with Crippen LogP contribution in [0, 0.1) is 5.82 Å². The maximum Gasteiger partial charge on any atom is 0.407 e. The molecule has 3 aromatic rings. The molecule has 1 heterocycles. The summed E-state index contributed by atoms with van der Waals surface area (Å²) >= 11 is 11.8. The highest BCUT2D eigenvalue weighted by Gasteiger charge is 2.35. The number of halogens is 3. The van der Waals surface area contributed by atoms with Crippen LogP contribution in [0.25, 0.3) is 10.9 Å². The number of aliphatic hydroxyl groups excluding tert-OH is 1. The van der Waals surface area contributed by atoms with Gasteiger partial charge in [-0.1, -0.05) is 23.2 Å². The molecule has 0 radical (unpaired) electrons. The van der Waals surface area contributed by atoms with Crippen molar-refractivity contribution >= 4 is 51.7 Å². The van der Waals surface area contributed by atoms with Gasteiger partial charge in [0, 0.05) is 29.8 Å². The molecule has 198 valence electrons. The molecule has 0 unspecified atom stereocenters. The molecule has 1 amide bonds. The van der Waals surface area contributed by atoms with Crippen molar-refractivity contribution in [2.24, 2.45) is 0 Å². The quantitative estimate of drug-likeness (QED) is 0.308. The number of alkyl carbamates (subject to hydrolysis) is 1. The molecule has 2 aromatic carbocycles. The Kier molecular flexibility index (Phi) is 8.11. The van der Waals surface area contributed by atoms with E-state index in [4.69, 9.17) is 37.4 Å². The summed E-state index contributed by atoms with van der Waals surface area (Å²) in [6.07, 6.45) is 1.35. The van der Waals surface area contributed by atoms with Gasteiger partial charge in [-0.15, -0.1) is 0 Å². The number of ether oxygens (including phenoxy) is 3. The first-order chi connectivity index (χ1) is 17.5. The lowest BCUT2D eigenvalue weighted by Gasteiger charge is -2.35. The first-order valence-corrected chi connectivity index (χ1v) is 12.4. The molecule has 3 N–H and O–H groups in total. The van der Waals surface area contributed by atoms with Crippen molar-refractivity contribution in [3.63, 3.8) is 0 Å². The number of amides is 1. The van der Waals surface area contributed by atoms with Crippen LogP contribution in [-0.2, 0) is 4.74 Å². The van der Waals surface area contributed by atoms with Crippen molar-refractivity contribution in [1.29, 1.82) is 0 Å². The van der Waals surface area contributed by atoms with Gasteiger partial charge in [0.15, 0.2) is 17.3 Å². The third-order valence-corrected chi connectivity index (χ3v) is 6.22. The van der Waals surface area contributed by atoms with E-state index in [0.717, 1.165) is 0 Å². The lowest BCUT2D eigenvalue weighted by atomic mass is 9.92. The van der Waals surface area contributed by atoms with E-state index in [1.54, 1.807) is 12.1 Å². The summed E-state index contributed by atoms with van der Waals surface area (Å²) < 4.78 is 31.9. The third kappa shape index (κ3) is 6.63. The number of aliphatic hydroxyl groups is 1. The van der Waals surface area contributed by atoms with Gasteiger partial charge in [0.25, 0.3) is 0 Å². The smallest absolute Gasteiger partial charge is 0.407 e. The minimum absolute atomic E-state index is 0.0515. The Morgan fingerprint density at radius 3 is 2.62 bits per heavy atom. The highest BCUT2D eigenvalue weighted by atomic mass is 35.5. The Bertz CT molecular complexity index is 1300.